The Morgan fingerprint density at radius 2 is 2.24 bits per heavy atom. The van der Waals surface area contributed by atoms with Gasteiger partial charge in [-0.15, -0.1) is 0 Å². The monoisotopic (exact) mass is 302 g/mol. The van der Waals surface area contributed by atoms with Crippen molar-refractivity contribution in [1.82, 2.24) is 15.6 Å². The maximum Gasteiger partial charge on any atom is 0.292 e. The second kappa shape index (κ2) is 6.10. The van der Waals surface area contributed by atoms with E-state index in [1.165, 1.54) is 0 Å². The van der Waals surface area contributed by atoms with Crippen LogP contribution in [-0.4, -0.2) is 22.3 Å². The summed E-state index contributed by atoms with van der Waals surface area (Å²) >= 11 is 5.88. The number of aromatic nitrogens is 2. The number of carbonyl (C=O) groups excluding carboxylic acids is 1. The van der Waals surface area contributed by atoms with Crippen LogP contribution in [0.1, 0.15) is 40.2 Å². The first kappa shape index (κ1) is 13.8. The van der Waals surface area contributed by atoms with Crippen LogP contribution < -0.4 is 5.43 Å². The average Bonchev–Trinajstić information content (AvgIpc) is 2.91. The minimum atomic E-state index is -0.285. The Bertz CT molecular complexity index is 693. The average molecular weight is 303 g/mol. The summed E-state index contributed by atoms with van der Waals surface area (Å²) in [5, 5.41) is 11.6. The molecule has 0 fully saturated rings. The minimum Gasteiger partial charge on any atom is -0.281 e. The summed E-state index contributed by atoms with van der Waals surface area (Å²) in [5.74, 6) is -0.285. The van der Waals surface area contributed by atoms with Crippen molar-refractivity contribution < 1.29 is 4.79 Å². The van der Waals surface area contributed by atoms with E-state index in [0.717, 1.165) is 42.5 Å². The van der Waals surface area contributed by atoms with E-state index in [-0.39, 0.29) is 5.91 Å². The number of halogens is 1. The molecule has 1 aromatic heterocycles. The first-order chi connectivity index (χ1) is 10.2. The van der Waals surface area contributed by atoms with Gasteiger partial charge in [-0.25, -0.2) is 5.43 Å². The van der Waals surface area contributed by atoms with Crippen LogP contribution in [-0.2, 0) is 12.8 Å². The predicted molar refractivity (Wildman–Crippen MR) is 81.7 cm³/mol. The molecule has 1 heterocycles. The maximum absolute atomic E-state index is 12.1. The quantitative estimate of drug-likeness (QED) is 0.676. The molecule has 3 rings (SSSR count). The fraction of sp³-hybridized carbons (Fsp3) is 0.267. The first-order valence-electron chi connectivity index (χ1n) is 6.89. The lowest BCUT2D eigenvalue weighted by Gasteiger charge is -2.10. The highest BCUT2D eigenvalue weighted by Crippen LogP contribution is 2.21. The van der Waals surface area contributed by atoms with Crippen LogP contribution in [0.3, 0.4) is 0 Å². The Balaban J connectivity index is 1.68. The van der Waals surface area contributed by atoms with Crippen molar-refractivity contribution in [2.24, 2.45) is 5.10 Å². The molecule has 1 aromatic carbocycles. The molecule has 0 atom stereocenters. The van der Waals surface area contributed by atoms with Gasteiger partial charge in [0, 0.05) is 16.3 Å². The van der Waals surface area contributed by atoms with Crippen molar-refractivity contribution in [3.8, 4) is 0 Å². The van der Waals surface area contributed by atoms with Crippen LogP contribution in [0, 0.1) is 0 Å². The van der Waals surface area contributed by atoms with Gasteiger partial charge in [0.05, 0.1) is 6.21 Å². The third-order valence-corrected chi connectivity index (χ3v) is 3.73. The van der Waals surface area contributed by atoms with Gasteiger partial charge in [0.25, 0.3) is 5.91 Å². The number of benzene rings is 1. The van der Waals surface area contributed by atoms with Crippen LogP contribution in [0.2, 0.25) is 5.02 Å². The molecular formula is C15H15ClN4O. The van der Waals surface area contributed by atoms with Crippen molar-refractivity contribution in [2.75, 3.05) is 0 Å². The van der Waals surface area contributed by atoms with Gasteiger partial charge in [-0.05, 0) is 43.4 Å². The largest absolute Gasteiger partial charge is 0.292 e. The Morgan fingerprint density at radius 3 is 3.10 bits per heavy atom. The van der Waals surface area contributed by atoms with Crippen molar-refractivity contribution in [3.63, 3.8) is 0 Å². The van der Waals surface area contributed by atoms with E-state index in [2.05, 4.69) is 20.7 Å². The molecule has 0 saturated heterocycles. The molecule has 1 aliphatic carbocycles. The van der Waals surface area contributed by atoms with Gasteiger partial charge >= 0.3 is 0 Å². The molecule has 6 heteroatoms. The molecule has 21 heavy (non-hydrogen) atoms. The third-order valence-electron chi connectivity index (χ3n) is 3.50. The topological polar surface area (TPSA) is 70.1 Å². The van der Waals surface area contributed by atoms with Gasteiger partial charge in [0.2, 0.25) is 0 Å². The van der Waals surface area contributed by atoms with E-state index in [1.807, 2.05) is 12.1 Å². The molecule has 0 unspecified atom stereocenters. The van der Waals surface area contributed by atoms with E-state index in [1.54, 1.807) is 18.3 Å². The number of aryl methyl sites for hydroxylation is 1. The van der Waals surface area contributed by atoms with Gasteiger partial charge in [0.1, 0.15) is 0 Å². The van der Waals surface area contributed by atoms with E-state index in [0.29, 0.717) is 10.7 Å². The fourth-order valence-electron chi connectivity index (χ4n) is 2.47. The molecule has 2 aromatic rings. The number of H-pyrrole nitrogens is 1. The summed E-state index contributed by atoms with van der Waals surface area (Å²) < 4.78 is 0. The number of hydrogen-bond acceptors (Lipinski definition) is 3. The molecule has 5 nitrogen and oxygen atoms in total. The predicted octanol–water partition coefficient (Wildman–Crippen LogP) is 2.71. The Hall–Kier alpha value is -2.14. The van der Waals surface area contributed by atoms with Gasteiger partial charge in [-0.1, -0.05) is 23.7 Å². The number of fused-ring (bicyclic) bond motifs is 1. The Labute approximate surface area is 127 Å². The highest BCUT2D eigenvalue weighted by molar-refractivity contribution is 6.30. The second-order valence-corrected chi connectivity index (χ2v) is 5.43. The molecular weight excluding hydrogens is 288 g/mol. The summed E-state index contributed by atoms with van der Waals surface area (Å²) in [4.78, 5) is 12.1. The van der Waals surface area contributed by atoms with Crippen LogP contribution in [0.5, 0.6) is 0 Å². The highest BCUT2D eigenvalue weighted by atomic mass is 35.5. The lowest BCUT2D eigenvalue weighted by molar-refractivity contribution is 0.0949. The van der Waals surface area contributed by atoms with E-state index >= 15 is 0 Å². The van der Waals surface area contributed by atoms with Crippen molar-refractivity contribution in [1.29, 1.82) is 0 Å². The number of hydrogen-bond donors (Lipinski definition) is 2. The number of nitrogens with one attached hydrogen (secondary N) is 2. The summed E-state index contributed by atoms with van der Waals surface area (Å²) in [7, 11) is 0. The first-order valence-corrected chi connectivity index (χ1v) is 7.27. The fourth-order valence-corrected chi connectivity index (χ4v) is 2.67. The van der Waals surface area contributed by atoms with Gasteiger partial charge in [0.15, 0.2) is 5.69 Å². The molecule has 2 N–H and O–H groups in total. The highest BCUT2D eigenvalue weighted by Gasteiger charge is 2.21. The van der Waals surface area contributed by atoms with E-state index in [4.69, 9.17) is 11.6 Å². The number of hydrazone groups is 1. The van der Waals surface area contributed by atoms with Gasteiger partial charge in [-0.3, -0.25) is 9.89 Å². The molecule has 0 radical (unpaired) electrons. The number of aromatic amines is 1. The summed E-state index contributed by atoms with van der Waals surface area (Å²) in [6.45, 7) is 0. The maximum atomic E-state index is 12.1. The van der Waals surface area contributed by atoms with E-state index in [9.17, 15) is 4.79 Å². The third kappa shape index (κ3) is 3.13. The van der Waals surface area contributed by atoms with Crippen LogP contribution in [0.25, 0.3) is 0 Å². The number of carbonyl (C=O) groups is 1. The normalized spacial score (nSPS) is 14.1. The molecule has 0 spiro atoms. The lowest BCUT2D eigenvalue weighted by Crippen LogP contribution is -2.20. The lowest BCUT2D eigenvalue weighted by atomic mass is 9.96. The smallest absolute Gasteiger partial charge is 0.281 e. The van der Waals surface area contributed by atoms with Crippen LogP contribution in [0.15, 0.2) is 29.4 Å². The molecule has 108 valence electrons. The van der Waals surface area contributed by atoms with Crippen molar-refractivity contribution in [3.05, 3.63) is 51.8 Å². The SMILES string of the molecule is O=C(N/N=C/c1cccc(Cl)c1)c1n[nH]c2c1CCCC2. The molecule has 1 amide bonds. The zero-order valence-corrected chi connectivity index (χ0v) is 12.2. The second-order valence-electron chi connectivity index (χ2n) is 4.99. The molecule has 1 aliphatic rings. The summed E-state index contributed by atoms with van der Waals surface area (Å²) in [6.07, 6.45) is 5.65. The standard InChI is InChI=1S/C15H15ClN4O/c16-11-5-3-4-10(8-11)9-17-20-15(21)14-12-6-1-2-7-13(12)18-19-14/h3-5,8-9H,1-2,6-7H2,(H,18,19)(H,20,21)/b17-9+. The van der Waals surface area contributed by atoms with Gasteiger partial charge < -0.3 is 0 Å². The Kier molecular flexibility index (Phi) is 4.01. The minimum absolute atomic E-state index is 0.285. The van der Waals surface area contributed by atoms with E-state index < -0.39 is 0 Å². The summed E-state index contributed by atoms with van der Waals surface area (Å²) in [6, 6.07) is 7.24. The van der Waals surface area contributed by atoms with Gasteiger partial charge in [-0.2, -0.15) is 10.2 Å². The van der Waals surface area contributed by atoms with Crippen LogP contribution in [0.4, 0.5) is 0 Å². The summed E-state index contributed by atoms with van der Waals surface area (Å²) in [5.41, 5.74) is 5.88. The van der Waals surface area contributed by atoms with Crippen LogP contribution >= 0.6 is 11.6 Å². The number of nitrogens with zero attached hydrogens (tertiary/aromatic N) is 2. The number of rotatable bonds is 3. The Morgan fingerprint density at radius 1 is 1.38 bits per heavy atom. The van der Waals surface area contributed by atoms with Crippen molar-refractivity contribution in [2.45, 2.75) is 25.7 Å². The zero-order valence-electron chi connectivity index (χ0n) is 11.4. The number of amides is 1. The molecule has 0 aliphatic heterocycles. The van der Waals surface area contributed by atoms with Crippen molar-refractivity contribution >= 4 is 23.7 Å². The molecule has 0 bridgehead atoms. The zero-order chi connectivity index (χ0) is 14.7. The molecule has 0 saturated carbocycles.